The van der Waals surface area contributed by atoms with Crippen molar-refractivity contribution in [2.24, 2.45) is 0 Å². The first-order valence-corrected chi connectivity index (χ1v) is 7.08. The van der Waals surface area contributed by atoms with Crippen molar-refractivity contribution in [3.05, 3.63) is 52.8 Å². The second kappa shape index (κ2) is 5.85. The molecule has 1 aromatic carbocycles. The zero-order valence-corrected chi connectivity index (χ0v) is 12.8. The van der Waals surface area contributed by atoms with Gasteiger partial charge in [0.2, 0.25) is 0 Å². The van der Waals surface area contributed by atoms with E-state index in [0.717, 1.165) is 15.5 Å². The molecule has 2 aromatic heterocycles. The third-order valence-corrected chi connectivity index (χ3v) is 3.56. The molecule has 0 fully saturated rings. The second-order valence-corrected chi connectivity index (χ2v) is 5.37. The number of aliphatic hydroxyl groups excluding tert-OH is 1. The summed E-state index contributed by atoms with van der Waals surface area (Å²) >= 11 is 3.39. The molecule has 0 saturated carbocycles. The van der Waals surface area contributed by atoms with E-state index in [4.69, 9.17) is 9.47 Å². The first kappa shape index (κ1) is 14.1. The van der Waals surface area contributed by atoms with E-state index in [1.807, 2.05) is 24.4 Å². The molecule has 0 spiro atoms. The van der Waals surface area contributed by atoms with Gasteiger partial charge in [0.05, 0.1) is 11.8 Å². The van der Waals surface area contributed by atoms with Crippen molar-refractivity contribution in [1.29, 1.82) is 0 Å². The minimum absolute atomic E-state index is 0.510. The third kappa shape index (κ3) is 2.92. The Labute approximate surface area is 129 Å². The fraction of sp³-hybridized carbons (Fsp3) is 0.133. The van der Waals surface area contributed by atoms with E-state index in [1.165, 1.54) is 7.11 Å². The van der Waals surface area contributed by atoms with Gasteiger partial charge in [-0.25, -0.2) is 4.98 Å². The van der Waals surface area contributed by atoms with Crippen LogP contribution in [0.1, 0.15) is 11.9 Å². The number of nitrogens with one attached hydrogen (secondary N) is 1. The highest BCUT2D eigenvalue weighted by Gasteiger charge is 2.14. The quantitative estimate of drug-likeness (QED) is 0.704. The molecule has 2 heterocycles. The van der Waals surface area contributed by atoms with Crippen molar-refractivity contribution < 1.29 is 14.6 Å². The molecule has 0 aliphatic heterocycles. The Morgan fingerprint density at radius 2 is 2.14 bits per heavy atom. The van der Waals surface area contributed by atoms with Gasteiger partial charge in [-0.2, -0.15) is 0 Å². The summed E-state index contributed by atoms with van der Waals surface area (Å²) in [7, 11) is 1.43. The van der Waals surface area contributed by atoms with Crippen LogP contribution < -0.4 is 4.74 Å². The molecular weight excluding hydrogens is 336 g/mol. The molecule has 0 aliphatic rings. The number of H-pyrrole nitrogens is 1. The van der Waals surface area contributed by atoms with E-state index >= 15 is 0 Å². The van der Waals surface area contributed by atoms with Crippen LogP contribution in [0.5, 0.6) is 11.5 Å². The molecule has 6 heteroatoms. The van der Waals surface area contributed by atoms with Crippen LogP contribution in [0.2, 0.25) is 0 Å². The number of pyridine rings is 1. The molecule has 108 valence electrons. The average molecular weight is 349 g/mol. The molecule has 2 N–H and O–H groups in total. The second-order valence-electron chi connectivity index (χ2n) is 4.46. The number of aliphatic hydroxyl groups is 1. The number of fused-ring (bicyclic) bond motifs is 1. The smallest absolute Gasteiger partial charge is 0.184 e. The number of halogens is 1. The summed E-state index contributed by atoms with van der Waals surface area (Å²) in [6, 6.07) is 9.14. The highest BCUT2D eigenvalue weighted by Crippen LogP contribution is 2.33. The van der Waals surface area contributed by atoms with Gasteiger partial charge in [0.15, 0.2) is 6.29 Å². The molecule has 1 atom stereocenters. The van der Waals surface area contributed by atoms with E-state index in [1.54, 1.807) is 18.3 Å². The Bertz CT molecular complexity index is 772. The Balaban J connectivity index is 1.97. The Morgan fingerprint density at radius 3 is 2.95 bits per heavy atom. The van der Waals surface area contributed by atoms with Crippen LogP contribution in [-0.4, -0.2) is 22.2 Å². The van der Waals surface area contributed by atoms with Crippen molar-refractivity contribution in [1.82, 2.24) is 9.97 Å². The maximum absolute atomic E-state index is 9.88. The lowest BCUT2D eigenvalue weighted by Crippen LogP contribution is -2.02. The number of aromatic amines is 1. The fourth-order valence-corrected chi connectivity index (χ4v) is 2.37. The minimum atomic E-state index is -1.04. The van der Waals surface area contributed by atoms with Crippen LogP contribution in [0.15, 0.2) is 47.2 Å². The van der Waals surface area contributed by atoms with Gasteiger partial charge in [-0.3, -0.25) is 0 Å². The van der Waals surface area contributed by atoms with Gasteiger partial charge in [0, 0.05) is 23.2 Å². The molecule has 0 bridgehead atoms. The first-order chi connectivity index (χ1) is 10.2. The highest BCUT2D eigenvalue weighted by atomic mass is 79.9. The number of ether oxygens (including phenoxy) is 2. The molecule has 3 rings (SSSR count). The number of benzene rings is 1. The van der Waals surface area contributed by atoms with Gasteiger partial charge in [0.1, 0.15) is 17.1 Å². The summed E-state index contributed by atoms with van der Waals surface area (Å²) in [5.74, 6) is 1.10. The topological polar surface area (TPSA) is 67.4 Å². The molecular formula is C15H13BrN2O3. The van der Waals surface area contributed by atoms with E-state index in [2.05, 4.69) is 25.9 Å². The fourth-order valence-electron chi connectivity index (χ4n) is 2.03. The summed E-state index contributed by atoms with van der Waals surface area (Å²) < 4.78 is 11.6. The van der Waals surface area contributed by atoms with Crippen LogP contribution in [0, 0.1) is 0 Å². The molecule has 0 amide bonds. The number of nitrogens with zero attached hydrogens (tertiary/aromatic N) is 1. The summed E-state index contributed by atoms with van der Waals surface area (Å²) in [5, 5.41) is 10.8. The van der Waals surface area contributed by atoms with Crippen molar-refractivity contribution in [2.45, 2.75) is 6.29 Å². The highest BCUT2D eigenvalue weighted by molar-refractivity contribution is 9.10. The van der Waals surface area contributed by atoms with Gasteiger partial charge >= 0.3 is 0 Å². The standard InChI is InChI=1S/C15H13BrN2O3/c1-20-15(19)12-3-2-10(16)7-13(12)21-11-6-9-4-5-17-14(9)18-8-11/h2-8,15,19H,1H3,(H,17,18). The molecule has 5 nitrogen and oxygen atoms in total. The van der Waals surface area contributed by atoms with Crippen LogP contribution in [0.25, 0.3) is 11.0 Å². The lowest BCUT2D eigenvalue weighted by molar-refractivity contribution is -0.0779. The Hall–Kier alpha value is -1.89. The van der Waals surface area contributed by atoms with Crippen LogP contribution >= 0.6 is 15.9 Å². The Kier molecular flexibility index (Phi) is 3.92. The molecule has 0 aliphatic carbocycles. The Morgan fingerprint density at radius 1 is 1.29 bits per heavy atom. The number of rotatable bonds is 4. The van der Waals surface area contributed by atoms with E-state index < -0.39 is 6.29 Å². The number of methoxy groups -OCH3 is 1. The van der Waals surface area contributed by atoms with E-state index in [9.17, 15) is 5.11 Å². The average Bonchev–Trinajstić information content (AvgIpc) is 2.94. The molecule has 0 saturated heterocycles. The largest absolute Gasteiger partial charge is 0.455 e. The summed E-state index contributed by atoms with van der Waals surface area (Å²) in [6.45, 7) is 0. The summed E-state index contributed by atoms with van der Waals surface area (Å²) in [6.07, 6.45) is 2.40. The van der Waals surface area contributed by atoms with Gasteiger partial charge < -0.3 is 19.6 Å². The van der Waals surface area contributed by atoms with Gasteiger partial charge in [0.25, 0.3) is 0 Å². The van der Waals surface area contributed by atoms with Gasteiger partial charge in [-0.15, -0.1) is 0 Å². The van der Waals surface area contributed by atoms with Crippen LogP contribution in [-0.2, 0) is 4.74 Å². The lowest BCUT2D eigenvalue weighted by atomic mass is 10.2. The monoisotopic (exact) mass is 348 g/mol. The minimum Gasteiger partial charge on any atom is -0.455 e. The van der Waals surface area contributed by atoms with Crippen molar-refractivity contribution in [3.8, 4) is 11.5 Å². The van der Waals surface area contributed by atoms with Crippen molar-refractivity contribution in [2.75, 3.05) is 7.11 Å². The predicted octanol–water partition coefficient (Wildman–Crippen LogP) is 3.76. The molecule has 21 heavy (non-hydrogen) atoms. The summed E-state index contributed by atoms with van der Waals surface area (Å²) in [4.78, 5) is 7.29. The molecule has 3 aromatic rings. The summed E-state index contributed by atoms with van der Waals surface area (Å²) in [5.41, 5.74) is 1.35. The number of hydrogen-bond donors (Lipinski definition) is 2. The van der Waals surface area contributed by atoms with Crippen molar-refractivity contribution in [3.63, 3.8) is 0 Å². The molecule has 0 radical (unpaired) electrons. The molecule has 1 unspecified atom stereocenters. The predicted molar refractivity (Wildman–Crippen MR) is 82.3 cm³/mol. The van der Waals surface area contributed by atoms with Gasteiger partial charge in [-0.1, -0.05) is 15.9 Å². The van der Waals surface area contributed by atoms with Crippen LogP contribution in [0.4, 0.5) is 0 Å². The maximum atomic E-state index is 9.88. The SMILES string of the molecule is COC(O)c1ccc(Br)cc1Oc1cnc2[nH]ccc2c1. The van der Waals surface area contributed by atoms with Gasteiger partial charge in [-0.05, 0) is 30.3 Å². The van der Waals surface area contributed by atoms with Crippen molar-refractivity contribution >= 4 is 27.0 Å². The third-order valence-electron chi connectivity index (χ3n) is 3.07. The maximum Gasteiger partial charge on any atom is 0.184 e. The van der Waals surface area contributed by atoms with Crippen LogP contribution in [0.3, 0.4) is 0 Å². The lowest BCUT2D eigenvalue weighted by Gasteiger charge is -2.15. The zero-order valence-electron chi connectivity index (χ0n) is 11.2. The van der Waals surface area contributed by atoms with E-state index in [-0.39, 0.29) is 0 Å². The number of aromatic nitrogens is 2. The number of hydrogen-bond acceptors (Lipinski definition) is 4. The first-order valence-electron chi connectivity index (χ1n) is 6.28. The normalized spacial score (nSPS) is 12.5. The van der Waals surface area contributed by atoms with E-state index in [0.29, 0.717) is 17.1 Å². The zero-order chi connectivity index (χ0) is 14.8.